The zero-order chi connectivity index (χ0) is 34.6. The number of rotatable bonds is 10. The second-order valence-electron chi connectivity index (χ2n) is 15.2. The highest BCUT2D eigenvalue weighted by molar-refractivity contribution is 5.94. The molecule has 6 atom stereocenters. The van der Waals surface area contributed by atoms with Gasteiger partial charge in [-0.1, -0.05) is 50.1 Å². The van der Waals surface area contributed by atoms with Crippen molar-refractivity contribution in [3.8, 4) is 0 Å². The summed E-state index contributed by atoms with van der Waals surface area (Å²) < 4.78 is 29.2. The van der Waals surface area contributed by atoms with Gasteiger partial charge in [-0.25, -0.2) is 9.69 Å². The minimum atomic E-state index is -1.38. The maximum Gasteiger partial charge on any atom is 0.419 e. The van der Waals surface area contributed by atoms with Crippen molar-refractivity contribution in [1.82, 2.24) is 4.90 Å². The lowest BCUT2D eigenvalue weighted by atomic mass is 9.89. The second kappa shape index (κ2) is 14.5. The van der Waals surface area contributed by atoms with E-state index < -0.39 is 76.8 Å². The third kappa shape index (κ3) is 9.08. The number of nitrogens with zero attached hydrogens (tertiary/aromatic N) is 1. The fraction of sp³-hybridized carbons (Fsp3) is 0.686. The average molecular weight is 646 g/mol. The van der Waals surface area contributed by atoms with E-state index in [0.717, 1.165) is 29.7 Å². The zero-order valence-electron chi connectivity index (χ0n) is 28.9. The molecule has 0 bridgehead atoms. The fourth-order valence-corrected chi connectivity index (χ4v) is 5.06. The van der Waals surface area contributed by atoms with Gasteiger partial charge in [0.25, 0.3) is 0 Å². The van der Waals surface area contributed by atoms with Crippen LogP contribution < -0.4 is 0 Å². The van der Waals surface area contributed by atoms with E-state index in [1.165, 1.54) is 0 Å². The number of benzene rings is 1. The highest BCUT2D eigenvalue weighted by atomic mass is 16.7. The van der Waals surface area contributed by atoms with Gasteiger partial charge in [0.1, 0.15) is 18.8 Å². The SMILES string of the molecule is CCCCC(CC(=O)N1C(=O)O[C@H]2O[C@H](COC(=O)C(C)(C)C)[C@H](OC(=O)C(C)(C)C)[C@H](OC(=O)C(C)(C)C)[C@H]21)c1ccccc1. The number of carbonyl (C=O) groups is 5. The highest BCUT2D eigenvalue weighted by Gasteiger charge is 2.61. The van der Waals surface area contributed by atoms with Crippen LogP contribution in [0.2, 0.25) is 0 Å². The van der Waals surface area contributed by atoms with Crippen LogP contribution in [0, 0.1) is 16.2 Å². The van der Waals surface area contributed by atoms with Crippen molar-refractivity contribution in [2.75, 3.05) is 6.61 Å². The molecule has 0 N–H and O–H groups in total. The molecular formula is C35H51NO10. The lowest BCUT2D eigenvalue weighted by molar-refractivity contribution is -0.259. The van der Waals surface area contributed by atoms with Crippen LogP contribution >= 0.6 is 0 Å². The first-order valence-corrected chi connectivity index (χ1v) is 16.1. The molecule has 46 heavy (non-hydrogen) atoms. The molecule has 0 aromatic heterocycles. The van der Waals surface area contributed by atoms with Gasteiger partial charge in [-0.15, -0.1) is 0 Å². The van der Waals surface area contributed by atoms with Gasteiger partial charge in [-0.05, 0) is 80.2 Å². The normalized spacial score (nSPS) is 24.0. The fourth-order valence-electron chi connectivity index (χ4n) is 5.06. The van der Waals surface area contributed by atoms with Gasteiger partial charge >= 0.3 is 24.0 Å². The first-order chi connectivity index (χ1) is 21.3. The van der Waals surface area contributed by atoms with E-state index in [1.54, 1.807) is 62.3 Å². The van der Waals surface area contributed by atoms with Crippen molar-refractivity contribution in [3.05, 3.63) is 35.9 Å². The Labute approximate surface area is 272 Å². The van der Waals surface area contributed by atoms with Crippen molar-refractivity contribution >= 4 is 29.9 Å². The van der Waals surface area contributed by atoms with E-state index in [1.807, 2.05) is 30.3 Å². The summed E-state index contributed by atoms with van der Waals surface area (Å²) in [6, 6.07) is 8.32. The monoisotopic (exact) mass is 645 g/mol. The van der Waals surface area contributed by atoms with Crippen LogP contribution in [0.15, 0.2) is 30.3 Å². The number of fused-ring (bicyclic) bond motifs is 1. The predicted octanol–water partition coefficient (Wildman–Crippen LogP) is 5.93. The van der Waals surface area contributed by atoms with Crippen molar-refractivity contribution in [2.45, 2.75) is 131 Å². The lowest BCUT2D eigenvalue weighted by Gasteiger charge is -2.44. The molecule has 0 aliphatic carbocycles. The molecule has 0 radical (unpaired) electrons. The highest BCUT2D eigenvalue weighted by Crippen LogP contribution is 2.39. The summed E-state index contributed by atoms with van der Waals surface area (Å²) in [7, 11) is 0. The van der Waals surface area contributed by atoms with Crippen LogP contribution in [0.25, 0.3) is 0 Å². The third-order valence-corrected chi connectivity index (χ3v) is 7.90. The molecule has 1 aromatic rings. The first-order valence-electron chi connectivity index (χ1n) is 16.1. The summed E-state index contributed by atoms with van der Waals surface area (Å²) in [5.41, 5.74) is -1.84. The maximum atomic E-state index is 14.0. The molecule has 2 aliphatic rings. The van der Waals surface area contributed by atoms with Crippen molar-refractivity contribution in [2.24, 2.45) is 16.2 Å². The largest absolute Gasteiger partial charge is 0.462 e. The number of esters is 3. The van der Waals surface area contributed by atoms with E-state index in [0.29, 0.717) is 0 Å². The third-order valence-electron chi connectivity index (χ3n) is 7.90. The molecule has 0 spiro atoms. The Hall–Kier alpha value is -3.47. The van der Waals surface area contributed by atoms with Gasteiger partial charge in [0.2, 0.25) is 12.2 Å². The van der Waals surface area contributed by atoms with Gasteiger partial charge in [0.05, 0.1) is 16.2 Å². The van der Waals surface area contributed by atoms with Crippen LogP contribution in [-0.2, 0) is 42.9 Å². The Morgan fingerprint density at radius 1 is 0.826 bits per heavy atom. The van der Waals surface area contributed by atoms with Crippen molar-refractivity contribution in [1.29, 1.82) is 0 Å². The summed E-state index contributed by atoms with van der Waals surface area (Å²) in [6.07, 6.45) is -3.74. The van der Waals surface area contributed by atoms with Gasteiger partial charge in [0, 0.05) is 6.42 Å². The Kier molecular flexibility index (Phi) is 11.7. The van der Waals surface area contributed by atoms with Crippen LogP contribution in [0.5, 0.6) is 0 Å². The molecule has 11 nitrogen and oxygen atoms in total. The molecule has 2 aliphatic heterocycles. The standard InChI is InChI=1S/C35H51NO10/c1-11-12-16-22(21-17-14-13-15-18-21)19-24(37)36-25-27(45-31(40)35(8,9)10)26(44-30(39)34(5,6)7)23(43-28(25)46-32(36)41)20-42-29(38)33(2,3)4/h13-15,17-18,22-23,25-28H,11-12,16,19-20H2,1-10H3/t22?,23-,25-,26+,27-,28-/m1/s1. The number of ether oxygens (including phenoxy) is 5. The Morgan fingerprint density at radius 2 is 1.37 bits per heavy atom. The Morgan fingerprint density at radius 3 is 1.89 bits per heavy atom. The van der Waals surface area contributed by atoms with Crippen LogP contribution in [0.1, 0.15) is 106 Å². The number of amides is 2. The molecule has 2 heterocycles. The van der Waals surface area contributed by atoms with Gasteiger partial charge < -0.3 is 23.7 Å². The predicted molar refractivity (Wildman–Crippen MR) is 168 cm³/mol. The van der Waals surface area contributed by atoms with E-state index in [9.17, 15) is 24.0 Å². The topological polar surface area (TPSA) is 135 Å². The number of hydrogen-bond acceptors (Lipinski definition) is 10. The average Bonchev–Trinajstić information content (AvgIpc) is 3.29. The second-order valence-corrected chi connectivity index (χ2v) is 15.2. The maximum absolute atomic E-state index is 14.0. The summed E-state index contributed by atoms with van der Waals surface area (Å²) >= 11 is 0. The number of carbonyl (C=O) groups excluding carboxylic acids is 5. The minimum Gasteiger partial charge on any atom is -0.462 e. The van der Waals surface area contributed by atoms with E-state index in [2.05, 4.69) is 6.92 Å². The lowest BCUT2D eigenvalue weighted by Crippen LogP contribution is -2.65. The van der Waals surface area contributed by atoms with Gasteiger partial charge in [-0.3, -0.25) is 19.2 Å². The Bertz CT molecular complexity index is 1260. The molecule has 1 aromatic carbocycles. The molecule has 3 rings (SSSR count). The van der Waals surface area contributed by atoms with Crippen LogP contribution in [0.3, 0.4) is 0 Å². The zero-order valence-corrected chi connectivity index (χ0v) is 28.9. The first kappa shape index (κ1) is 37.0. The molecule has 2 amide bonds. The van der Waals surface area contributed by atoms with Crippen molar-refractivity contribution in [3.63, 3.8) is 0 Å². The number of unbranched alkanes of at least 4 members (excludes halogenated alkanes) is 1. The van der Waals surface area contributed by atoms with Crippen LogP contribution in [-0.4, -0.2) is 72.1 Å². The molecule has 11 heteroatoms. The number of hydrogen-bond donors (Lipinski definition) is 0. The number of imide groups is 1. The molecule has 1 unspecified atom stereocenters. The molecular weight excluding hydrogens is 594 g/mol. The van der Waals surface area contributed by atoms with E-state index in [-0.39, 0.29) is 18.9 Å². The molecule has 2 saturated heterocycles. The smallest absolute Gasteiger partial charge is 0.419 e. The van der Waals surface area contributed by atoms with E-state index in [4.69, 9.17) is 23.7 Å². The molecule has 256 valence electrons. The summed E-state index contributed by atoms with van der Waals surface area (Å²) in [6.45, 7) is 16.7. The van der Waals surface area contributed by atoms with Crippen molar-refractivity contribution < 1.29 is 47.7 Å². The van der Waals surface area contributed by atoms with Gasteiger partial charge in [-0.2, -0.15) is 0 Å². The Balaban J connectivity index is 2.05. The van der Waals surface area contributed by atoms with Gasteiger partial charge in [0.15, 0.2) is 12.2 Å². The summed E-state index contributed by atoms with van der Waals surface area (Å²) in [5.74, 6) is -2.56. The minimum absolute atomic E-state index is 0.0126. The van der Waals surface area contributed by atoms with Crippen LogP contribution in [0.4, 0.5) is 4.79 Å². The molecule has 2 fully saturated rings. The summed E-state index contributed by atoms with van der Waals surface area (Å²) in [5, 5.41) is 0. The summed E-state index contributed by atoms with van der Waals surface area (Å²) in [4.78, 5) is 67.7. The molecule has 0 saturated carbocycles. The van der Waals surface area contributed by atoms with E-state index >= 15 is 0 Å². The quantitative estimate of drug-likeness (QED) is 0.223.